The highest BCUT2D eigenvalue weighted by atomic mass is 16.5. The van der Waals surface area contributed by atoms with Gasteiger partial charge < -0.3 is 25.2 Å². The van der Waals surface area contributed by atoms with Gasteiger partial charge >= 0.3 is 18.0 Å². The molecular formula is C11H18N2O6. The van der Waals surface area contributed by atoms with Crippen molar-refractivity contribution in [2.24, 2.45) is 0 Å². The molecule has 0 radical (unpaired) electrons. The van der Waals surface area contributed by atoms with Gasteiger partial charge in [-0.15, -0.1) is 0 Å². The summed E-state index contributed by atoms with van der Waals surface area (Å²) < 4.78 is 4.87. The lowest BCUT2D eigenvalue weighted by Crippen LogP contribution is -2.48. The molecule has 2 unspecified atom stereocenters. The van der Waals surface area contributed by atoms with Gasteiger partial charge in [0.25, 0.3) is 0 Å². The van der Waals surface area contributed by atoms with Gasteiger partial charge in [-0.3, -0.25) is 0 Å². The lowest BCUT2D eigenvalue weighted by Gasteiger charge is -2.23. The Balaban J connectivity index is 2.51. The summed E-state index contributed by atoms with van der Waals surface area (Å²) >= 11 is 0. The molecule has 0 aromatic rings. The fraction of sp³-hybridized carbons (Fsp3) is 0.727. The van der Waals surface area contributed by atoms with Crippen molar-refractivity contribution in [2.45, 2.75) is 31.9 Å². The molecule has 0 aliphatic carbocycles. The normalized spacial score (nSPS) is 19.9. The van der Waals surface area contributed by atoms with Crippen LogP contribution in [0.25, 0.3) is 0 Å². The Kier molecular flexibility index (Phi) is 5.56. The zero-order chi connectivity index (χ0) is 14.4. The molecule has 2 atom stereocenters. The number of aliphatic hydroxyl groups is 1. The summed E-state index contributed by atoms with van der Waals surface area (Å²) in [6, 6.07) is -1.21. The number of nitrogens with one attached hydrogen (secondary N) is 1. The number of aliphatic carboxylic acids is 1. The zero-order valence-electron chi connectivity index (χ0n) is 10.7. The number of carboxylic acid groups (broad SMARTS) is 1. The standard InChI is InChI=1S/C11H18N2O6/c1-2-19-10(17)7-4-3-5-13(7)11(18)12-6-8(14)9(15)16/h7-8,14H,2-6H2,1H3,(H,12,18)(H,15,16). The third kappa shape index (κ3) is 4.09. The summed E-state index contributed by atoms with van der Waals surface area (Å²) in [5.41, 5.74) is 0. The number of ether oxygens (including phenoxy) is 1. The van der Waals surface area contributed by atoms with E-state index in [1.54, 1.807) is 6.92 Å². The summed E-state index contributed by atoms with van der Waals surface area (Å²) in [7, 11) is 0. The fourth-order valence-electron chi connectivity index (χ4n) is 1.87. The van der Waals surface area contributed by atoms with Crippen LogP contribution >= 0.6 is 0 Å². The third-order valence-corrected chi connectivity index (χ3v) is 2.80. The highest BCUT2D eigenvalue weighted by molar-refractivity contribution is 5.84. The maximum Gasteiger partial charge on any atom is 0.334 e. The van der Waals surface area contributed by atoms with Crippen LogP contribution in [0, 0.1) is 0 Å². The molecule has 1 rings (SSSR count). The van der Waals surface area contributed by atoms with E-state index < -0.39 is 36.7 Å². The molecule has 19 heavy (non-hydrogen) atoms. The van der Waals surface area contributed by atoms with Crippen LogP contribution in [0.15, 0.2) is 0 Å². The second-order valence-corrected chi connectivity index (χ2v) is 4.14. The van der Waals surface area contributed by atoms with Crippen molar-refractivity contribution in [2.75, 3.05) is 19.7 Å². The van der Waals surface area contributed by atoms with E-state index in [1.807, 2.05) is 0 Å². The number of hydrogen-bond donors (Lipinski definition) is 3. The predicted octanol–water partition coefficient (Wildman–Crippen LogP) is -0.831. The minimum atomic E-state index is -1.66. The van der Waals surface area contributed by atoms with Crippen LogP contribution < -0.4 is 5.32 Å². The van der Waals surface area contributed by atoms with Crippen molar-refractivity contribution < 1.29 is 29.3 Å². The first kappa shape index (κ1) is 15.2. The van der Waals surface area contributed by atoms with Crippen molar-refractivity contribution in [3.63, 3.8) is 0 Å². The van der Waals surface area contributed by atoms with Gasteiger partial charge in [-0.1, -0.05) is 0 Å². The van der Waals surface area contributed by atoms with Gasteiger partial charge in [0.15, 0.2) is 6.10 Å². The number of nitrogens with zero attached hydrogens (tertiary/aromatic N) is 1. The third-order valence-electron chi connectivity index (χ3n) is 2.80. The van der Waals surface area contributed by atoms with Gasteiger partial charge in [-0.2, -0.15) is 0 Å². The minimum Gasteiger partial charge on any atom is -0.479 e. The molecule has 0 bridgehead atoms. The molecule has 0 saturated carbocycles. The summed E-state index contributed by atoms with van der Waals surface area (Å²) in [5.74, 6) is -1.88. The molecule has 0 aromatic heterocycles. The molecule has 1 heterocycles. The van der Waals surface area contributed by atoms with E-state index in [2.05, 4.69) is 5.32 Å². The molecule has 1 fully saturated rings. The second-order valence-electron chi connectivity index (χ2n) is 4.14. The van der Waals surface area contributed by atoms with Crippen molar-refractivity contribution in [1.82, 2.24) is 10.2 Å². The van der Waals surface area contributed by atoms with Crippen LogP contribution in [0.1, 0.15) is 19.8 Å². The fourth-order valence-corrected chi connectivity index (χ4v) is 1.87. The first-order valence-electron chi connectivity index (χ1n) is 6.09. The summed E-state index contributed by atoms with van der Waals surface area (Å²) in [5, 5.41) is 19.8. The zero-order valence-corrected chi connectivity index (χ0v) is 10.7. The number of hydrogen-bond acceptors (Lipinski definition) is 5. The monoisotopic (exact) mass is 274 g/mol. The van der Waals surface area contributed by atoms with E-state index >= 15 is 0 Å². The van der Waals surface area contributed by atoms with Crippen molar-refractivity contribution in [3.8, 4) is 0 Å². The highest BCUT2D eigenvalue weighted by Gasteiger charge is 2.35. The van der Waals surface area contributed by atoms with Gasteiger partial charge in [0, 0.05) is 6.54 Å². The van der Waals surface area contributed by atoms with E-state index in [-0.39, 0.29) is 6.61 Å². The first-order valence-corrected chi connectivity index (χ1v) is 6.09. The Labute approximate surface area is 110 Å². The Morgan fingerprint density at radius 3 is 2.74 bits per heavy atom. The lowest BCUT2D eigenvalue weighted by molar-refractivity contribution is -0.148. The number of aliphatic hydroxyl groups excluding tert-OH is 1. The molecule has 3 N–H and O–H groups in total. The number of urea groups is 1. The molecule has 2 amide bonds. The summed E-state index contributed by atoms with van der Waals surface area (Å²) in [6.07, 6.45) is -0.459. The Morgan fingerprint density at radius 1 is 1.47 bits per heavy atom. The molecule has 8 nitrogen and oxygen atoms in total. The van der Waals surface area contributed by atoms with Gasteiger partial charge in [-0.05, 0) is 19.8 Å². The van der Waals surface area contributed by atoms with Gasteiger partial charge in [0.1, 0.15) is 6.04 Å². The molecule has 108 valence electrons. The minimum absolute atomic E-state index is 0.239. The predicted molar refractivity (Wildman–Crippen MR) is 63.4 cm³/mol. The summed E-state index contributed by atoms with van der Waals surface area (Å²) in [4.78, 5) is 35.1. The number of carbonyl (C=O) groups is 3. The van der Waals surface area contributed by atoms with Crippen LogP contribution in [0.3, 0.4) is 0 Å². The molecule has 8 heteroatoms. The average molecular weight is 274 g/mol. The van der Waals surface area contributed by atoms with Crippen LogP contribution in [-0.2, 0) is 14.3 Å². The molecule has 1 aliphatic rings. The topological polar surface area (TPSA) is 116 Å². The lowest BCUT2D eigenvalue weighted by atomic mass is 10.2. The molecule has 0 spiro atoms. The maximum absolute atomic E-state index is 11.8. The van der Waals surface area contributed by atoms with Gasteiger partial charge in [0.05, 0.1) is 13.2 Å². The van der Waals surface area contributed by atoms with E-state index in [0.29, 0.717) is 19.4 Å². The Morgan fingerprint density at radius 2 is 2.16 bits per heavy atom. The first-order chi connectivity index (χ1) is 8.97. The van der Waals surface area contributed by atoms with Crippen LogP contribution in [0.4, 0.5) is 4.79 Å². The van der Waals surface area contributed by atoms with E-state index in [4.69, 9.17) is 14.9 Å². The molecule has 1 saturated heterocycles. The van der Waals surface area contributed by atoms with E-state index in [0.717, 1.165) is 0 Å². The number of esters is 1. The SMILES string of the molecule is CCOC(=O)C1CCCN1C(=O)NCC(O)C(=O)O. The Hall–Kier alpha value is -1.83. The number of likely N-dealkylation sites (tertiary alicyclic amines) is 1. The molecular weight excluding hydrogens is 256 g/mol. The molecule has 0 aromatic carbocycles. The van der Waals surface area contributed by atoms with Crippen LogP contribution in [0.5, 0.6) is 0 Å². The number of carbonyl (C=O) groups excluding carboxylic acids is 2. The average Bonchev–Trinajstić information content (AvgIpc) is 2.84. The number of amides is 2. The maximum atomic E-state index is 11.8. The number of carboxylic acids is 1. The molecule has 1 aliphatic heterocycles. The summed E-state index contributed by atoms with van der Waals surface area (Å²) in [6.45, 7) is 1.92. The van der Waals surface area contributed by atoms with E-state index in [9.17, 15) is 14.4 Å². The van der Waals surface area contributed by atoms with Crippen LogP contribution in [0.2, 0.25) is 0 Å². The van der Waals surface area contributed by atoms with Crippen molar-refractivity contribution >= 4 is 18.0 Å². The van der Waals surface area contributed by atoms with Gasteiger partial charge in [-0.25, -0.2) is 14.4 Å². The van der Waals surface area contributed by atoms with Crippen molar-refractivity contribution in [1.29, 1.82) is 0 Å². The quantitative estimate of drug-likeness (QED) is 0.563. The largest absolute Gasteiger partial charge is 0.479 e. The van der Waals surface area contributed by atoms with Gasteiger partial charge in [0.2, 0.25) is 0 Å². The smallest absolute Gasteiger partial charge is 0.334 e. The second kappa shape index (κ2) is 6.93. The van der Waals surface area contributed by atoms with Crippen LogP contribution in [-0.4, -0.2) is 64.9 Å². The number of rotatable bonds is 5. The Bertz CT molecular complexity index is 359. The van der Waals surface area contributed by atoms with E-state index in [1.165, 1.54) is 4.90 Å². The highest BCUT2D eigenvalue weighted by Crippen LogP contribution is 2.18. The van der Waals surface area contributed by atoms with Crippen molar-refractivity contribution in [3.05, 3.63) is 0 Å².